The van der Waals surface area contributed by atoms with Crippen molar-refractivity contribution < 1.29 is 20.4 Å². The molecule has 0 aliphatic carbocycles. The van der Waals surface area contributed by atoms with Crippen LogP contribution < -0.4 is 0 Å². The quantitative estimate of drug-likeness (QED) is 0.140. The minimum absolute atomic E-state index is 0.196. The van der Waals surface area contributed by atoms with Crippen LogP contribution >= 0.6 is 0 Å². The van der Waals surface area contributed by atoms with Crippen molar-refractivity contribution in [2.75, 3.05) is 0 Å². The van der Waals surface area contributed by atoms with Gasteiger partial charge in [-0.25, -0.2) is 0 Å². The molecule has 232 valence electrons. The van der Waals surface area contributed by atoms with E-state index < -0.39 is 16.7 Å². The number of aromatic hydroxyl groups is 4. The summed E-state index contributed by atoms with van der Waals surface area (Å²) in [6, 6.07) is 29.6. The van der Waals surface area contributed by atoms with E-state index in [1.165, 1.54) is 0 Å². The van der Waals surface area contributed by atoms with E-state index in [0.29, 0.717) is 11.1 Å². The molecule has 4 heteroatoms. The lowest BCUT2D eigenvalue weighted by Crippen LogP contribution is -2.21. The van der Waals surface area contributed by atoms with E-state index in [0.717, 1.165) is 50.1 Å². The maximum absolute atomic E-state index is 11.7. The summed E-state index contributed by atoms with van der Waals surface area (Å²) in [5, 5.41) is 43.8. The van der Waals surface area contributed by atoms with Gasteiger partial charge < -0.3 is 20.4 Å². The molecule has 0 aliphatic rings. The van der Waals surface area contributed by atoms with Crippen LogP contribution in [0.3, 0.4) is 0 Å². The third-order valence-electron chi connectivity index (χ3n) is 9.70. The lowest BCUT2D eigenvalue weighted by Gasteiger charge is -2.31. The number of hydrogen-bond acceptors (Lipinski definition) is 4. The molecule has 0 aromatic heterocycles. The zero-order valence-corrected chi connectivity index (χ0v) is 27.5. The number of benzene rings is 5. The zero-order chi connectivity index (χ0) is 32.8. The Morgan fingerprint density at radius 1 is 0.444 bits per heavy atom. The van der Waals surface area contributed by atoms with Crippen LogP contribution in [-0.2, 0) is 10.8 Å². The van der Waals surface area contributed by atoms with Crippen LogP contribution in [0.25, 0.3) is 0 Å². The van der Waals surface area contributed by atoms with Gasteiger partial charge in [-0.1, -0.05) is 107 Å². The Hall–Kier alpha value is -4.70. The number of hydrogen-bond donors (Lipinski definition) is 4. The maximum atomic E-state index is 11.7. The molecule has 4 N–H and O–H groups in total. The Balaban J connectivity index is 1.75. The van der Waals surface area contributed by atoms with E-state index in [1.807, 2.05) is 94.4 Å². The van der Waals surface area contributed by atoms with E-state index in [4.69, 9.17) is 0 Å². The molecule has 0 radical (unpaired) electrons. The second-order valence-corrected chi connectivity index (χ2v) is 13.6. The van der Waals surface area contributed by atoms with E-state index in [9.17, 15) is 20.4 Å². The Kier molecular flexibility index (Phi) is 8.22. The molecular formula is C41H44O4. The lowest BCUT2D eigenvalue weighted by atomic mass is 9.73. The van der Waals surface area contributed by atoms with Gasteiger partial charge in [0.25, 0.3) is 0 Å². The van der Waals surface area contributed by atoms with Gasteiger partial charge in [0.15, 0.2) is 0 Å². The molecule has 0 saturated heterocycles. The molecular weight excluding hydrogens is 556 g/mol. The summed E-state index contributed by atoms with van der Waals surface area (Å²) < 4.78 is 0. The highest BCUT2D eigenvalue weighted by Gasteiger charge is 2.32. The maximum Gasteiger partial charge on any atom is 0.122 e. The predicted octanol–water partition coefficient (Wildman–Crippen LogP) is 9.57. The van der Waals surface area contributed by atoms with Crippen LogP contribution in [0.1, 0.15) is 94.8 Å². The molecule has 0 fully saturated rings. The molecule has 0 saturated carbocycles. The van der Waals surface area contributed by atoms with Gasteiger partial charge in [-0.3, -0.25) is 0 Å². The van der Waals surface area contributed by atoms with Gasteiger partial charge in [0, 0.05) is 27.9 Å². The summed E-state index contributed by atoms with van der Waals surface area (Å²) in [4.78, 5) is 0. The molecule has 5 aromatic rings. The van der Waals surface area contributed by atoms with Crippen molar-refractivity contribution in [1.82, 2.24) is 0 Å². The van der Waals surface area contributed by atoms with Gasteiger partial charge in [0.1, 0.15) is 23.0 Å². The van der Waals surface area contributed by atoms with Crippen LogP contribution in [0.2, 0.25) is 0 Å². The van der Waals surface area contributed by atoms with Crippen LogP contribution in [0.4, 0.5) is 0 Å². The number of aryl methyl sites for hydroxylation is 4. The smallest absolute Gasteiger partial charge is 0.122 e. The fourth-order valence-corrected chi connectivity index (χ4v) is 6.37. The summed E-state index contributed by atoms with van der Waals surface area (Å²) in [5.41, 5.74) is 8.76. The standard InChI is InChI=1S/C41H44O4/c1-24-18-29(14-16-35(24)42)40(5,6)31-20-26(3)38(44)33(22-31)37(28-12-10-9-11-13-28)34-23-32(21-27(4)39(34)45)41(7,8)30-15-17-36(43)25(2)19-30/h9-23,37,42-45H,1-8H3. The van der Waals surface area contributed by atoms with Gasteiger partial charge in [-0.05, 0) is 89.9 Å². The average Bonchev–Trinajstić information content (AvgIpc) is 3.00. The first kappa shape index (κ1) is 31.7. The minimum Gasteiger partial charge on any atom is -0.508 e. The van der Waals surface area contributed by atoms with Crippen LogP contribution in [0.5, 0.6) is 23.0 Å². The predicted molar refractivity (Wildman–Crippen MR) is 183 cm³/mol. The normalized spacial score (nSPS) is 12.1. The summed E-state index contributed by atoms with van der Waals surface area (Å²) >= 11 is 0. The Morgan fingerprint density at radius 3 is 1.20 bits per heavy atom. The molecule has 0 atom stereocenters. The van der Waals surface area contributed by atoms with E-state index >= 15 is 0 Å². The highest BCUT2D eigenvalue weighted by atomic mass is 16.3. The van der Waals surface area contributed by atoms with E-state index in [-0.39, 0.29) is 23.0 Å². The van der Waals surface area contributed by atoms with E-state index in [1.54, 1.807) is 12.1 Å². The molecule has 4 nitrogen and oxygen atoms in total. The Labute approximate surface area is 267 Å². The number of rotatable bonds is 7. The molecule has 0 aliphatic heterocycles. The SMILES string of the molecule is Cc1cc(C(C)(C)c2cc(C)c(O)c(C(c3ccccc3)c3cc(C(C)(C)c4ccc(O)c(C)c4)cc(C)c3O)c2)ccc1O. The first-order chi connectivity index (χ1) is 21.1. The fraction of sp³-hybridized carbons (Fsp3) is 0.268. The third-order valence-corrected chi connectivity index (χ3v) is 9.70. The Morgan fingerprint density at radius 2 is 0.822 bits per heavy atom. The largest absolute Gasteiger partial charge is 0.508 e. The highest BCUT2D eigenvalue weighted by Crippen LogP contribution is 2.47. The topological polar surface area (TPSA) is 80.9 Å². The molecule has 0 unspecified atom stereocenters. The average molecular weight is 601 g/mol. The van der Waals surface area contributed by atoms with Crippen molar-refractivity contribution in [2.45, 2.75) is 72.1 Å². The molecule has 5 rings (SSSR count). The molecule has 0 spiro atoms. The first-order valence-corrected chi connectivity index (χ1v) is 15.5. The molecule has 45 heavy (non-hydrogen) atoms. The molecule has 0 heterocycles. The van der Waals surface area contributed by atoms with Gasteiger partial charge >= 0.3 is 0 Å². The van der Waals surface area contributed by atoms with Crippen molar-refractivity contribution in [2.24, 2.45) is 0 Å². The van der Waals surface area contributed by atoms with Crippen LogP contribution in [0.15, 0.2) is 91.0 Å². The summed E-state index contributed by atoms with van der Waals surface area (Å²) in [6.45, 7) is 16.2. The van der Waals surface area contributed by atoms with Crippen molar-refractivity contribution >= 4 is 0 Å². The summed E-state index contributed by atoms with van der Waals surface area (Å²) in [6.07, 6.45) is 0. The van der Waals surface area contributed by atoms with Crippen LogP contribution in [0, 0.1) is 27.7 Å². The summed E-state index contributed by atoms with van der Waals surface area (Å²) in [5.74, 6) is 0.454. The van der Waals surface area contributed by atoms with Gasteiger partial charge in [0.05, 0.1) is 0 Å². The van der Waals surface area contributed by atoms with Crippen molar-refractivity contribution in [3.8, 4) is 23.0 Å². The summed E-state index contributed by atoms with van der Waals surface area (Å²) in [7, 11) is 0. The minimum atomic E-state index is -0.460. The molecule has 0 bridgehead atoms. The lowest BCUT2D eigenvalue weighted by molar-refractivity contribution is 0.453. The fourth-order valence-electron chi connectivity index (χ4n) is 6.37. The highest BCUT2D eigenvalue weighted by molar-refractivity contribution is 5.60. The third kappa shape index (κ3) is 5.78. The molecule has 5 aromatic carbocycles. The monoisotopic (exact) mass is 600 g/mol. The van der Waals surface area contributed by atoms with Gasteiger partial charge in [0.2, 0.25) is 0 Å². The van der Waals surface area contributed by atoms with E-state index in [2.05, 4.69) is 39.8 Å². The number of phenolic OH excluding ortho intramolecular Hbond substituents is 4. The van der Waals surface area contributed by atoms with Crippen molar-refractivity contribution in [3.63, 3.8) is 0 Å². The van der Waals surface area contributed by atoms with Crippen LogP contribution in [-0.4, -0.2) is 20.4 Å². The Bertz CT molecular complexity index is 1760. The van der Waals surface area contributed by atoms with Crippen molar-refractivity contribution in [1.29, 1.82) is 0 Å². The second-order valence-electron chi connectivity index (χ2n) is 13.6. The van der Waals surface area contributed by atoms with Gasteiger partial charge in [-0.2, -0.15) is 0 Å². The molecule has 0 amide bonds. The van der Waals surface area contributed by atoms with Crippen molar-refractivity contribution in [3.05, 3.63) is 152 Å². The van der Waals surface area contributed by atoms with Gasteiger partial charge in [-0.15, -0.1) is 0 Å². The number of phenols is 4. The zero-order valence-electron chi connectivity index (χ0n) is 27.5. The first-order valence-electron chi connectivity index (χ1n) is 15.5. The second kappa shape index (κ2) is 11.7.